The SMILES string of the molecule is Cc1ccc(O)c(NC(=O)CCNC(C)C)c1. The molecule has 4 heteroatoms. The molecule has 0 heterocycles. The van der Waals surface area contributed by atoms with E-state index in [0.717, 1.165) is 5.56 Å². The van der Waals surface area contributed by atoms with Crippen molar-refractivity contribution in [2.45, 2.75) is 33.2 Å². The summed E-state index contributed by atoms with van der Waals surface area (Å²) in [5.74, 6) is -0.000168. The van der Waals surface area contributed by atoms with Crippen LogP contribution in [-0.2, 0) is 4.79 Å². The molecule has 3 N–H and O–H groups in total. The third kappa shape index (κ3) is 4.87. The number of phenols is 1. The van der Waals surface area contributed by atoms with Crippen LogP contribution in [0.1, 0.15) is 25.8 Å². The third-order valence-electron chi connectivity index (χ3n) is 2.33. The second-order valence-electron chi connectivity index (χ2n) is 4.43. The Morgan fingerprint density at radius 2 is 2.12 bits per heavy atom. The van der Waals surface area contributed by atoms with Crippen molar-refractivity contribution in [1.29, 1.82) is 0 Å². The first kappa shape index (κ1) is 13.5. The summed E-state index contributed by atoms with van der Waals surface area (Å²) in [7, 11) is 0. The molecule has 1 rings (SSSR count). The lowest BCUT2D eigenvalue weighted by Crippen LogP contribution is -2.27. The van der Waals surface area contributed by atoms with Gasteiger partial charge in [0, 0.05) is 19.0 Å². The summed E-state index contributed by atoms with van der Waals surface area (Å²) >= 11 is 0. The van der Waals surface area contributed by atoms with Crippen LogP contribution in [0.4, 0.5) is 5.69 Å². The van der Waals surface area contributed by atoms with E-state index in [-0.39, 0.29) is 11.7 Å². The topological polar surface area (TPSA) is 61.4 Å². The van der Waals surface area contributed by atoms with Gasteiger partial charge in [-0.3, -0.25) is 4.79 Å². The van der Waals surface area contributed by atoms with Crippen LogP contribution in [0.15, 0.2) is 18.2 Å². The van der Waals surface area contributed by atoms with Crippen molar-refractivity contribution in [3.05, 3.63) is 23.8 Å². The number of rotatable bonds is 5. The second-order valence-corrected chi connectivity index (χ2v) is 4.43. The largest absolute Gasteiger partial charge is 0.506 e. The molecular weight excluding hydrogens is 216 g/mol. The number of anilines is 1. The fourth-order valence-electron chi connectivity index (χ4n) is 1.44. The lowest BCUT2D eigenvalue weighted by molar-refractivity contribution is -0.116. The normalized spacial score (nSPS) is 10.6. The van der Waals surface area contributed by atoms with Gasteiger partial charge in [-0.05, 0) is 24.6 Å². The van der Waals surface area contributed by atoms with Crippen LogP contribution < -0.4 is 10.6 Å². The van der Waals surface area contributed by atoms with Crippen molar-refractivity contribution in [3.8, 4) is 5.75 Å². The van der Waals surface area contributed by atoms with Crippen LogP contribution in [0.5, 0.6) is 5.75 Å². The fraction of sp³-hybridized carbons (Fsp3) is 0.462. The first-order chi connectivity index (χ1) is 7.99. The molecule has 0 unspecified atom stereocenters. The Bertz CT molecular complexity index is 389. The monoisotopic (exact) mass is 236 g/mol. The van der Waals surface area contributed by atoms with E-state index in [0.29, 0.717) is 24.7 Å². The summed E-state index contributed by atoms with van der Waals surface area (Å²) in [6, 6.07) is 5.50. The van der Waals surface area contributed by atoms with Crippen LogP contribution in [0.2, 0.25) is 0 Å². The molecule has 1 aromatic rings. The summed E-state index contributed by atoms with van der Waals surface area (Å²) in [6.45, 7) is 6.61. The number of hydrogen-bond donors (Lipinski definition) is 3. The van der Waals surface area contributed by atoms with Gasteiger partial charge in [0.25, 0.3) is 0 Å². The minimum atomic E-state index is -0.0981. The van der Waals surface area contributed by atoms with E-state index in [2.05, 4.69) is 10.6 Å². The molecule has 0 saturated heterocycles. The second kappa shape index (κ2) is 6.25. The van der Waals surface area contributed by atoms with Gasteiger partial charge in [-0.1, -0.05) is 19.9 Å². The number of hydrogen-bond acceptors (Lipinski definition) is 3. The van der Waals surface area contributed by atoms with E-state index in [4.69, 9.17) is 0 Å². The van der Waals surface area contributed by atoms with Gasteiger partial charge in [0.15, 0.2) is 0 Å². The average Bonchev–Trinajstić information content (AvgIpc) is 2.23. The van der Waals surface area contributed by atoms with Crippen LogP contribution in [-0.4, -0.2) is 23.6 Å². The smallest absolute Gasteiger partial charge is 0.225 e. The van der Waals surface area contributed by atoms with Crippen LogP contribution >= 0.6 is 0 Å². The van der Waals surface area contributed by atoms with Gasteiger partial charge in [-0.15, -0.1) is 0 Å². The molecule has 0 saturated carbocycles. The molecule has 0 spiro atoms. The molecule has 17 heavy (non-hydrogen) atoms. The Labute approximate surface area is 102 Å². The van der Waals surface area contributed by atoms with Crippen molar-refractivity contribution >= 4 is 11.6 Å². The first-order valence-corrected chi connectivity index (χ1v) is 5.82. The van der Waals surface area contributed by atoms with Gasteiger partial charge in [0.2, 0.25) is 5.91 Å². The fourth-order valence-corrected chi connectivity index (χ4v) is 1.44. The van der Waals surface area contributed by atoms with Crippen LogP contribution in [0.25, 0.3) is 0 Å². The zero-order valence-electron chi connectivity index (χ0n) is 10.6. The molecule has 0 atom stereocenters. The van der Waals surface area contributed by atoms with Gasteiger partial charge >= 0.3 is 0 Å². The van der Waals surface area contributed by atoms with Crippen molar-refractivity contribution in [1.82, 2.24) is 5.32 Å². The lowest BCUT2D eigenvalue weighted by Gasteiger charge is -2.10. The van der Waals surface area contributed by atoms with E-state index in [1.165, 1.54) is 0 Å². The van der Waals surface area contributed by atoms with Crippen LogP contribution in [0.3, 0.4) is 0 Å². The standard InChI is InChI=1S/C13H20N2O2/c1-9(2)14-7-6-13(17)15-11-8-10(3)4-5-12(11)16/h4-5,8-9,14,16H,6-7H2,1-3H3,(H,15,17). The maximum absolute atomic E-state index is 11.6. The molecule has 1 aromatic carbocycles. The average molecular weight is 236 g/mol. The number of amides is 1. The molecule has 0 aliphatic rings. The van der Waals surface area contributed by atoms with Crippen molar-refractivity contribution in [3.63, 3.8) is 0 Å². The van der Waals surface area contributed by atoms with Crippen LogP contribution in [0, 0.1) is 6.92 Å². The van der Waals surface area contributed by atoms with Gasteiger partial charge < -0.3 is 15.7 Å². The number of aromatic hydroxyl groups is 1. The summed E-state index contributed by atoms with van der Waals surface area (Å²) in [6.07, 6.45) is 0.394. The minimum absolute atomic E-state index is 0.0979. The van der Waals surface area contributed by atoms with Crippen molar-refractivity contribution in [2.24, 2.45) is 0 Å². The highest BCUT2D eigenvalue weighted by Gasteiger charge is 2.06. The van der Waals surface area contributed by atoms with E-state index in [1.54, 1.807) is 18.2 Å². The molecular formula is C13H20N2O2. The highest BCUT2D eigenvalue weighted by molar-refractivity contribution is 5.92. The van der Waals surface area contributed by atoms with Crippen molar-refractivity contribution < 1.29 is 9.90 Å². The maximum atomic E-state index is 11.6. The number of nitrogens with one attached hydrogen (secondary N) is 2. The number of carbonyl (C=O) groups is 1. The molecule has 0 aromatic heterocycles. The van der Waals surface area contributed by atoms with E-state index < -0.39 is 0 Å². The highest BCUT2D eigenvalue weighted by Crippen LogP contribution is 2.23. The Hall–Kier alpha value is -1.55. The molecule has 0 aliphatic carbocycles. The van der Waals surface area contributed by atoms with Gasteiger partial charge in [0.1, 0.15) is 5.75 Å². The van der Waals surface area contributed by atoms with E-state index >= 15 is 0 Å². The molecule has 94 valence electrons. The number of aryl methyl sites for hydroxylation is 1. The van der Waals surface area contributed by atoms with E-state index in [9.17, 15) is 9.90 Å². The molecule has 0 fully saturated rings. The zero-order valence-corrected chi connectivity index (χ0v) is 10.6. The van der Waals surface area contributed by atoms with Gasteiger partial charge in [-0.2, -0.15) is 0 Å². The minimum Gasteiger partial charge on any atom is -0.506 e. The van der Waals surface area contributed by atoms with Gasteiger partial charge in [-0.25, -0.2) is 0 Å². The van der Waals surface area contributed by atoms with E-state index in [1.807, 2.05) is 20.8 Å². The summed E-state index contributed by atoms with van der Waals surface area (Å²) in [5, 5.41) is 15.4. The molecule has 0 bridgehead atoms. The summed E-state index contributed by atoms with van der Waals surface area (Å²) in [5.41, 5.74) is 1.47. The molecule has 0 aliphatic heterocycles. The first-order valence-electron chi connectivity index (χ1n) is 5.82. The number of phenolic OH excluding ortho intramolecular Hbond substituents is 1. The molecule has 1 amide bonds. The quantitative estimate of drug-likeness (QED) is 0.685. The summed E-state index contributed by atoms with van der Waals surface area (Å²) in [4.78, 5) is 11.6. The van der Waals surface area contributed by atoms with Gasteiger partial charge in [0.05, 0.1) is 5.69 Å². The molecule has 0 radical (unpaired) electrons. The zero-order chi connectivity index (χ0) is 12.8. The number of benzene rings is 1. The maximum Gasteiger partial charge on any atom is 0.225 e. The Morgan fingerprint density at radius 1 is 1.41 bits per heavy atom. The highest BCUT2D eigenvalue weighted by atomic mass is 16.3. The Kier molecular flexibility index (Phi) is 4.97. The predicted molar refractivity (Wildman–Crippen MR) is 69.2 cm³/mol. The molecule has 4 nitrogen and oxygen atoms in total. The predicted octanol–water partition coefficient (Wildman–Crippen LogP) is 2.03. The third-order valence-corrected chi connectivity index (χ3v) is 2.33. The number of carbonyl (C=O) groups excluding carboxylic acids is 1. The summed E-state index contributed by atoms with van der Waals surface area (Å²) < 4.78 is 0. The Balaban J connectivity index is 2.47. The Morgan fingerprint density at radius 3 is 2.76 bits per heavy atom. The lowest BCUT2D eigenvalue weighted by atomic mass is 10.2. The van der Waals surface area contributed by atoms with Crippen molar-refractivity contribution in [2.75, 3.05) is 11.9 Å².